The van der Waals surface area contributed by atoms with Crippen LogP contribution in [0, 0.1) is 5.92 Å². The minimum atomic E-state index is -0.482. The maximum atomic E-state index is 12.7. The van der Waals surface area contributed by atoms with E-state index in [1.54, 1.807) is 13.0 Å². The lowest BCUT2D eigenvalue weighted by Gasteiger charge is -2.37. The van der Waals surface area contributed by atoms with Crippen molar-refractivity contribution in [3.8, 4) is 0 Å². The van der Waals surface area contributed by atoms with Crippen molar-refractivity contribution in [2.45, 2.75) is 70.6 Å². The van der Waals surface area contributed by atoms with Gasteiger partial charge in [0.25, 0.3) is 5.91 Å². The number of nitrogens with one attached hydrogen (secondary N) is 1. The maximum absolute atomic E-state index is 12.7. The summed E-state index contributed by atoms with van der Waals surface area (Å²) in [5.74, 6) is 1.19. The van der Waals surface area contributed by atoms with E-state index in [2.05, 4.69) is 10.5 Å². The third kappa shape index (κ3) is 5.32. The fourth-order valence-corrected chi connectivity index (χ4v) is 3.60. The minimum absolute atomic E-state index is 0.0207. The lowest BCUT2D eigenvalue weighted by atomic mass is 9.89. The van der Waals surface area contributed by atoms with Gasteiger partial charge in [0, 0.05) is 25.1 Å². The second-order valence-electron chi connectivity index (χ2n) is 8.30. The van der Waals surface area contributed by atoms with Crippen molar-refractivity contribution in [1.29, 1.82) is 0 Å². The topological polar surface area (TPSA) is 111 Å². The van der Waals surface area contributed by atoms with Crippen molar-refractivity contribution in [3.63, 3.8) is 0 Å². The van der Waals surface area contributed by atoms with Gasteiger partial charge in [-0.1, -0.05) is 5.16 Å². The summed E-state index contributed by atoms with van der Waals surface area (Å²) < 4.78 is 11.1. The number of rotatable bonds is 8. The molecule has 8 nitrogen and oxygen atoms in total. The van der Waals surface area contributed by atoms with Gasteiger partial charge in [0.2, 0.25) is 5.91 Å². The molecule has 1 aliphatic carbocycles. The Morgan fingerprint density at radius 2 is 1.96 bits per heavy atom. The van der Waals surface area contributed by atoms with Crippen molar-refractivity contribution >= 4 is 11.8 Å². The Balaban J connectivity index is 1.60. The Hall–Kier alpha value is -1.93. The van der Waals surface area contributed by atoms with Crippen LogP contribution in [0.25, 0.3) is 0 Å². The van der Waals surface area contributed by atoms with E-state index in [1.165, 1.54) is 0 Å². The molecule has 1 saturated heterocycles. The molecule has 3 N–H and O–H groups in total. The number of piperidine rings is 1. The fourth-order valence-electron chi connectivity index (χ4n) is 3.60. The number of nitrogens with two attached hydrogens (primary N) is 1. The van der Waals surface area contributed by atoms with Crippen LogP contribution in [-0.4, -0.2) is 59.8 Å². The van der Waals surface area contributed by atoms with Gasteiger partial charge < -0.3 is 25.2 Å². The lowest BCUT2D eigenvalue weighted by Crippen LogP contribution is -2.51. The molecule has 8 heteroatoms. The van der Waals surface area contributed by atoms with Crippen molar-refractivity contribution in [2.24, 2.45) is 11.7 Å². The van der Waals surface area contributed by atoms with Gasteiger partial charge in [-0.05, 0) is 52.4 Å². The van der Waals surface area contributed by atoms with Gasteiger partial charge >= 0.3 is 0 Å². The van der Waals surface area contributed by atoms with Gasteiger partial charge in [-0.3, -0.25) is 9.59 Å². The van der Waals surface area contributed by atoms with Crippen molar-refractivity contribution in [1.82, 2.24) is 15.4 Å². The average molecular weight is 393 g/mol. The number of ether oxygens (including phenoxy) is 1. The van der Waals surface area contributed by atoms with Crippen LogP contribution in [0.1, 0.15) is 68.6 Å². The largest absolute Gasteiger partial charge is 0.377 e. The summed E-state index contributed by atoms with van der Waals surface area (Å²) >= 11 is 0. The Kier molecular flexibility index (Phi) is 6.72. The Morgan fingerprint density at radius 3 is 2.54 bits per heavy atom. The van der Waals surface area contributed by atoms with E-state index in [0.717, 1.165) is 31.4 Å². The summed E-state index contributed by atoms with van der Waals surface area (Å²) in [6, 6.07) is 1.13. The van der Waals surface area contributed by atoms with Crippen LogP contribution in [0.15, 0.2) is 10.6 Å². The second-order valence-corrected chi connectivity index (χ2v) is 8.30. The fraction of sp³-hybridized carbons (Fsp3) is 0.750. The summed E-state index contributed by atoms with van der Waals surface area (Å²) in [5, 5.41) is 7.01. The zero-order chi connectivity index (χ0) is 20.3. The molecular formula is C20H32N4O4. The van der Waals surface area contributed by atoms with Gasteiger partial charge in [-0.2, -0.15) is 0 Å². The van der Waals surface area contributed by atoms with Crippen LogP contribution < -0.4 is 11.1 Å². The number of hydrogen-bond acceptors (Lipinski definition) is 6. The molecule has 0 aromatic carbocycles. The summed E-state index contributed by atoms with van der Waals surface area (Å²) in [5.41, 5.74) is 6.04. The smallest absolute Gasteiger partial charge is 0.273 e. The molecule has 1 aliphatic heterocycles. The second kappa shape index (κ2) is 9.05. The van der Waals surface area contributed by atoms with E-state index in [-0.39, 0.29) is 29.9 Å². The van der Waals surface area contributed by atoms with Crippen LogP contribution in [0.3, 0.4) is 0 Å². The molecule has 28 heavy (non-hydrogen) atoms. The monoisotopic (exact) mass is 392 g/mol. The number of nitrogens with zero attached hydrogens (tertiary/aromatic N) is 2. The molecule has 0 spiro atoms. The minimum Gasteiger partial charge on any atom is -0.377 e. The van der Waals surface area contributed by atoms with Crippen molar-refractivity contribution in [3.05, 3.63) is 17.5 Å². The third-order valence-electron chi connectivity index (χ3n) is 5.48. The Morgan fingerprint density at radius 1 is 1.29 bits per heavy atom. The number of carbonyl (C=O) groups is 2. The van der Waals surface area contributed by atoms with Crippen molar-refractivity contribution in [2.75, 3.05) is 19.7 Å². The van der Waals surface area contributed by atoms with E-state index in [4.69, 9.17) is 15.0 Å². The summed E-state index contributed by atoms with van der Waals surface area (Å²) in [6.07, 6.45) is 3.88. The van der Waals surface area contributed by atoms with Crippen LogP contribution in [0.2, 0.25) is 0 Å². The van der Waals surface area contributed by atoms with E-state index < -0.39 is 6.04 Å². The summed E-state index contributed by atoms with van der Waals surface area (Å²) in [7, 11) is 0. The Labute approximate surface area is 166 Å². The summed E-state index contributed by atoms with van der Waals surface area (Å²) in [6.45, 7) is 7.39. The maximum Gasteiger partial charge on any atom is 0.273 e. The molecule has 2 amide bonds. The lowest BCUT2D eigenvalue weighted by molar-refractivity contribution is -0.133. The SMILES string of the molecule is CC(C)OCC(NC(=O)c1cc(C2CC2)on1)C1CCN(C(=O)[C@H](C)N)CC1. The molecule has 3 rings (SSSR count). The average Bonchev–Trinajstić information content (AvgIpc) is 3.40. The van der Waals surface area contributed by atoms with Crippen LogP contribution >= 0.6 is 0 Å². The standard InChI is InChI=1S/C20H32N4O4/c1-12(2)27-11-17(14-6-8-24(9-7-14)20(26)13(3)21)22-19(25)16-10-18(28-23-16)15-4-5-15/h10,12-15,17H,4-9,11,21H2,1-3H3,(H,22,25)/t13-,17?/m0/s1. The molecule has 2 heterocycles. The highest BCUT2D eigenvalue weighted by Crippen LogP contribution is 2.40. The summed E-state index contributed by atoms with van der Waals surface area (Å²) in [4.78, 5) is 26.6. The van der Waals surface area contributed by atoms with Gasteiger partial charge in [0.15, 0.2) is 5.69 Å². The molecule has 0 bridgehead atoms. The molecular weight excluding hydrogens is 360 g/mol. The number of amides is 2. The molecule has 1 saturated carbocycles. The zero-order valence-electron chi connectivity index (χ0n) is 17.0. The number of hydrogen-bond donors (Lipinski definition) is 2. The predicted octanol–water partition coefficient (Wildman–Crippen LogP) is 1.66. The van der Waals surface area contributed by atoms with Gasteiger partial charge in [0.05, 0.1) is 24.8 Å². The first kappa shape index (κ1) is 20.8. The molecule has 0 radical (unpaired) electrons. The number of aromatic nitrogens is 1. The first-order valence-electron chi connectivity index (χ1n) is 10.3. The number of likely N-dealkylation sites (tertiary alicyclic amines) is 1. The van der Waals surface area contributed by atoms with Gasteiger partial charge in [0.1, 0.15) is 5.76 Å². The van der Waals surface area contributed by atoms with Crippen molar-refractivity contribution < 1.29 is 18.8 Å². The van der Waals surface area contributed by atoms with Crippen LogP contribution in [-0.2, 0) is 9.53 Å². The van der Waals surface area contributed by atoms with E-state index in [9.17, 15) is 9.59 Å². The number of carbonyl (C=O) groups excluding carboxylic acids is 2. The molecule has 2 atom stereocenters. The molecule has 1 aromatic heterocycles. The molecule has 156 valence electrons. The molecule has 1 unspecified atom stereocenters. The zero-order valence-corrected chi connectivity index (χ0v) is 17.0. The van der Waals surface area contributed by atoms with E-state index >= 15 is 0 Å². The molecule has 2 fully saturated rings. The van der Waals surface area contributed by atoms with E-state index in [1.807, 2.05) is 18.7 Å². The predicted molar refractivity (Wildman–Crippen MR) is 104 cm³/mol. The first-order chi connectivity index (χ1) is 13.3. The molecule has 2 aliphatic rings. The van der Waals surface area contributed by atoms with Gasteiger partial charge in [-0.15, -0.1) is 0 Å². The first-order valence-corrected chi connectivity index (χ1v) is 10.3. The van der Waals surface area contributed by atoms with E-state index in [0.29, 0.717) is 31.3 Å². The normalized spacial score (nSPS) is 20.2. The van der Waals surface area contributed by atoms with Gasteiger partial charge in [-0.25, -0.2) is 0 Å². The quantitative estimate of drug-likeness (QED) is 0.696. The van der Waals surface area contributed by atoms with Crippen LogP contribution in [0.5, 0.6) is 0 Å². The highest BCUT2D eigenvalue weighted by molar-refractivity contribution is 5.92. The Bertz CT molecular complexity index is 676. The highest BCUT2D eigenvalue weighted by Gasteiger charge is 2.32. The third-order valence-corrected chi connectivity index (χ3v) is 5.48. The van der Waals surface area contributed by atoms with Crippen LogP contribution in [0.4, 0.5) is 0 Å². The molecule has 1 aromatic rings. The highest BCUT2D eigenvalue weighted by atomic mass is 16.5.